The molecule has 0 aliphatic heterocycles. The number of carbonyl (C=O) groups excluding carboxylic acids is 1. The molecule has 1 aromatic rings. The Hall–Kier alpha value is -1.84. The fourth-order valence-corrected chi connectivity index (χ4v) is 2.29. The average molecular weight is 291 g/mol. The van der Waals surface area contributed by atoms with E-state index in [-0.39, 0.29) is 30.3 Å². The number of rotatable bonds is 5. The topological polar surface area (TPSA) is 57.6 Å². The Labute approximate surface area is 126 Å². The Kier molecular flexibility index (Phi) is 5.53. The number of carboxylic acids is 1. The maximum Gasteiger partial charge on any atom is 0.305 e. The predicted molar refractivity (Wildman–Crippen MR) is 83.6 cm³/mol. The van der Waals surface area contributed by atoms with Crippen LogP contribution in [0, 0.1) is 0 Å². The number of amides is 1. The summed E-state index contributed by atoms with van der Waals surface area (Å²) in [7, 11) is 0. The summed E-state index contributed by atoms with van der Waals surface area (Å²) in [6.45, 7) is 10.2. The second-order valence-electron chi connectivity index (χ2n) is 6.53. The van der Waals surface area contributed by atoms with E-state index in [1.807, 2.05) is 38.1 Å². The molecule has 0 aromatic heterocycles. The summed E-state index contributed by atoms with van der Waals surface area (Å²) >= 11 is 0. The Morgan fingerprint density at radius 2 is 1.76 bits per heavy atom. The van der Waals surface area contributed by atoms with Crippen molar-refractivity contribution in [3.63, 3.8) is 0 Å². The van der Waals surface area contributed by atoms with Crippen LogP contribution in [0.25, 0.3) is 0 Å². The Morgan fingerprint density at radius 3 is 2.24 bits per heavy atom. The number of nitrogens with zero attached hydrogens (tertiary/aromatic N) is 1. The van der Waals surface area contributed by atoms with Crippen LogP contribution in [-0.2, 0) is 10.2 Å². The molecule has 0 aliphatic carbocycles. The minimum atomic E-state index is -0.891. The third-order valence-corrected chi connectivity index (χ3v) is 3.42. The van der Waals surface area contributed by atoms with E-state index in [4.69, 9.17) is 5.11 Å². The van der Waals surface area contributed by atoms with Gasteiger partial charge in [-0.3, -0.25) is 9.59 Å². The van der Waals surface area contributed by atoms with Crippen molar-refractivity contribution < 1.29 is 14.7 Å². The van der Waals surface area contributed by atoms with Gasteiger partial charge in [0.1, 0.15) is 0 Å². The fraction of sp³-hybridized carbons (Fsp3) is 0.529. The second-order valence-corrected chi connectivity index (χ2v) is 6.53. The molecule has 0 unspecified atom stereocenters. The molecule has 0 fully saturated rings. The smallest absolute Gasteiger partial charge is 0.305 e. The van der Waals surface area contributed by atoms with Gasteiger partial charge in [-0.25, -0.2) is 0 Å². The van der Waals surface area contributed by atoms with Crippen molar-refractivity contribution in [3.05, 3.63) is 35.4 Å². The molecule has 0 bridgehead atoms. The second kappa shape index (κ2) is 6.74. The summed E-state index contributed by atoms with van der Waals surface area (Å²) in [6.07, 6.45) is -0.0401. The van der Waals surface area contributed by atoms with Crippen LogP contribution in [0.2, 0.25) is 0 Å². The van der Waals surface area contributed by atoms with Crippen LogP contribution in [0.4, 0.5) is 0 Å². The molecule has 0 spiro atoms. The Morgan fingerprint density at radius 1 is 1.19 bits per heavy atom. The van der Waals surface area contributed by atoms with Gasteiger partial charge >= 0.3 is 5.97 Å². The average Bonchev–Trinajstić information content (AvgIpc) is 2.37. The quantitative estimate of drug-likeness (QED) is 0.905. The van der Waals surface area contributed by atoms with E-state index < -0.39 is 5.97 Å². The number of hydrogen-bond acceptors (Lipinski definition) is 2. The predicted octanol–water partition coefficient (Wildman–Crippen LogP) is 3.31. The first-order valence-corrected chi connectivity index (χ1v) is 7.27. The maximum atomic E-state index is 12.8. The van der Waals surface area contributed by atoms with Crippen molar-refractivity contribution in [2.24, 2.45) is 0 Å². The first-order valence-electron chi connectivity index (χ1n) is 7.27. The minimum absolute atomic E-state index is 0.0372. The summed E-state index contributed by atoms with van der Waals surface area (Å²) < 4.78 is 0. The first kappa shape index (κ1) is 17.2. The summed E-state index contributed by atoms with van der Waals surface area (Å²) in [5.41, 5.74) is 1.50. The fourth-order valence-electron chi connectivity index (χ4n) is 2.29. The van der Waals surface area contributed by atoms with Gasteiger partial charge in [-0.1, -0.05) is 39.0 Å². The zero-order chi connectivity index (χ0) is 16.2. The van der Waals surface area contributed by atoms with Crippen molar-refractivity contribution in [2.45, 2.75) is 52.5 Å². The van der Waals surface area contributed by atoms with E-state index >= 15 is 0 Å². The molecular formula is C17H25NO3. The van der Waals surface area contributed by atoms with Gasteiger partial charge in [0.25, 0.3) is 5.91 Å². The monoisotopic (exact) mass is 291 g/mol. The zero-order valence-electron chi connectivity index (χ0n) is 13.5. The molecule has 0 aliphatic rings. The molecular weight excluding hydrogens is 266 g/mol. The van der Waals surface area contributed by atoms with E-state index in [1.165, 1.54) is 0 Å². The van der Waals surface area contributed by atoms with Gasteiger partial charge in [0.05, 0.1) is 6.42 Å². The van der Waals surface area contributed by atoms with Gasteiger partial charge < -0.3 is 10.0 Å². The molecule has 1 N–H and O–H groups in total. The van der Waals surface area contributed by atoms with Crippen LogP contribution in [0.3, 0.4) is 0 Å². The molecule has 0 heterocycles. The number of aliphatic carboxylic acids is 1. The molecule has 21 heavy (non-hydrogen) atoms. The molecule has 1 rings (SSSR count). The van der Waals surface area contributed by atoms with Gasteiger partial charge in [0.2, 0.25) is 0 Å². The number of carboxylic acid groups (broad SMARTS) is 1. The van der Waals surface area contributed by atoms with Gasteiger partial charge in [-0.15, -0.1) is 0 Å². The summed E-state index contributed by atoms with van der Waals surface area (Å²) in [4.78, 5) is 25.2. The summed E-state index contributed by atoms with van der Waals surface area (Å²) in [5, 5.41) is 8.84. The highest BCUT2D eigenvalue weighted by Gasteiger charge is 2.26. The lowest BCUT2D eigenvalue weighted by Crippen LogP contribution is -2.39. The van der Waals surface area contributed by atoms with E-state index in [2.05, 4.69) is 20.8 Å². The largest absolute Gasteiger partial charge is 0.481 e. The highest BCUT2D eigenvalue weighted by Crippen LogP contribution is 2.27. The molecule has 116 valence electrons. The van der Waals surface area contributed by atoms with E-state index in [1.54, 1.807) is 4.90 Å². The standard InChI is InChI=1S/C17H25NO3/c1-12(2)18(11-10-15(19)20)16(21)13-8-6-7-9-14(13)17(3,4)5/h6-9,12H,10-11H2,1-5H3,(H,19,20). The zero-order valence-corrected chi connectivity index (χ0v) is 13.5. The van der Waals surface area contributed by atoms with Crippen molar-refractivity contribution in [1.82, 2.24) is 4.90 Å². The van der Waals surface area contributed by atoms with Gasteiger partial charge in [0, 0.05) is 18.2 Å². The first-order chi connectivity index (χ1) is 9.64. The Bertz CT molecular complexity index is 515. The molecule has 1 amide bonds. The van der Waals surface area contributed by atoms with Crippen LogP contribution in [0.15, 0.2) is 24.3 Å². The normalized spacial score (nSPS) is 11.5. The number of carbonyl (C=O) groups is 2. The van der Waals surface area contributed by atoms with E-state index in [9.17, 15) is 9.59 Å². The Balaban J connectivity index is 3.13. The molecule has 4 heteroatoms. The lowest BCUT2D eigenvalue weighted by Gasteiger charge is -2.29. The summed E-state index contributed by atoms with van der Waals surface area (Å²) in [6, 6.07) is 7.51. The van der Waals surface area contributed by atoms with Crippen LogP contribution in [-0.4, -0.2) is 34.5 Å². The molecule has 4 nitrogen and oxygen atoms in total. The highest BCUT2D eigenvalue weighted by atomic mass is 16.4. The number of benzene rings is 1. The number of hydrogen-bond donors (Lipinski definition) is 1. The molecule has 0 radical (unpaired) electrons. The third-order valence-electron chi connectivity index (χ3n) is 3.42. The van der Waals surface area contributed by atoms with Crippen molar-refractivity contribution >= 4 is 11.9 Å². The van der Waals surface area contributed by atoms with Crippen molar-refractivity contribution in [3.8, 4) is 0 Å². The molecule has 0 saturated carbocycles. The van der Waals surface area contributed by atoms with Gasteiger partial charge in [-0.05, 0) is 30.9 Å². The van der Waals surface area contributed by atoms with Crippen molar-refractivity contribution in [2.75, 3.05) is 6.54 Å². The SMILES string of the molecule is CC(C)N(CCC(=O)O)C(=O)c1ccccc1C(C)(C)C. The van der Waals surface area contributed by atoms with Crippen molar-refractivity contribution in [1.29, 1.82) is 0 Å². The highest BCUT2D eigenvalue weighted by molar-refractivity contribution is 5.96. The lowest BCUT2D eigenvalue weighted by molar-refractivity contribution is -0.137. The van der Waals surface area contributed by atoms with Crippen LogP contribution < -0.4 is 0 Å². The summed E-state index contributed by atoms with van der Waals surface area (Å²) in [5.74, 6) is -0.991. The minimum Gasteiger partial charge on any atom is -0.481 e. The van der Waals surface area contributed by atoms with E-state index in [0.717, 1.165) is 5.56 Å². The molecule has 0 atom stereocenters. The van der Waals surface area contributed by atoms with Gasteiger partial charge in [0.15, 0.2) is 0 Å². The third kappa shape index (κ3) is 4.59. The molecule has 0 saturated heterocycles. The van der Waals surface area contributed by atoms with E-state index in [0.29, 0.717) is 5.56 Å². The molecule has 1 aromatic carbocycles. The van der Waals surface area contributed by atoms with Crippen LogP contribution in [0.5, 0.6) is 0 Å². The van der Waals surface area contributed by atoms with Gasteiger partial charge in [-0.2, -0.15) is 0 Å². The van der Waals surface area contributed by atoms with Crippen LogP contribution in [0.1, 0.15) is 57.0 Å². The van der Waals surface area contributed by atoms with Crippen LogP contribution >= 0.6 is 0 Å². The maximum absolute atomic E-state index is 12.8. The lowest BCUT2D eigenvalue weighted by atomic mass is 9.83.